The average molecular weight is 306 g/mol. The average Bonchev–Trinajstić information content (AvgIpc) is 2.37. The quantitative estimate of drug-likeness (QED) is 0.515. The summed E-state index contributed by atoms with van der Waals surface area (Å²) in [5.41, 5.74) is -0.418. The van der Waals surface area contributed by atoms with Crippen molar-refractivity contribution in [1.82, 2.24) is 0 Å². The standard InChI is InChI=1S/C13H14F4N2O2/c14-9-4-5-12(19(20)21)11(7-9)18-10-3-1-2-8(6-10)13(15,16)17/h4-5,7-8,10,18H,1-3,6H2. The Morgan fingerprint density at radius 3 is 2.62 bits per heavy atom. The molecule has 2 rings (SSSR count). The third-order valence-corrected chi connectivity index (χ3v) is 3.65. The molecule has 0 radical (unpaired) electrons. The van der Waals surface area contributed by atoms with Gasteiger partial charge in [-0.3, -0.25) is 10.1 Å². The Balaban J connectivity index is 2.14. The second-order valence-electron chi connectivity index (χ2n) is 5.16. The lowest BCUT2D eigenvalue weighted by Gasteiger charge is -2.31. The zero-order valence-electron chi connectivity index (χ0n) is 11.0. The maximum atomic E-state index is 13.2. The van der Waals surface area contributed by atoms with Crippen molar-refractivity contribution in [3.8, 4) is 0 Å². The maximum Gasteiger partial charge on any atom is 0.391 e. The molecular formula is C13H14F4N2O2. The van der Waals surface area contributed by atoms with Crippen LogP contribution in [0.2, 0.25) is 0 Å². The van der Waals surface area contributed by atoms with E-state index in [-0.39, 0.29) is 24.2 Å². The number of hydrogen-bond acceptors (Lipinski definition) is 3. The molecule has 0 heterocycles. The zero-order valence-corrected chi connectivity index (χ0v) is 11.0. The van der Waals surface area contributed by atoms with E-state index in [0.29, 0.717) is 12.8 Å². The molecule has 0 aliphatic heterocycles. The van der Waals surface area contributed by atoms with Gasteiger partial charge in [0.25, 0.3) is 5.69 Å². The van der Waals surface area contributed by atoms with Gasteiger partial charge in [0.05, 0.1) is 10.8 Å². The highest BCUT2D eigenvalue weighted by molar-refractivity contribution is 5.61. The van der Waals surface area contributed by atoms with Gasteiger partial charge in [-0.25, -0.2) is 4.39 Å². The van der Waals surface area contributed by atoms with E-state index in [1.54, 1.807) is 0 Å². The van der Waals surface area contributed by atoms with E-state index in [2.05, 4.69) is 5.32 Å². The minimum Gasteiger partial charge on any atom is -0.377 e. The van der Waals surface area contributed by atoms with Crippen LogP contribution in [0.3, 0.4) is 0 Å². The molecule has 21 heavy (non-hydrogen) atoms. The van der Waals surface area contributed by atoms with E-state index < -0.39 is 28.9 Å². The molecule has 0 spiro atoms. The first-order chi connectivity index (χ1) is 9.77. The van der Waals surface area contributed by atoms with Crippen LogP contribution in [0.25, 0.3) is 0 Å². The van der Waals surface area contributed by atoms with Gasteiger partial charge in [-0.1, -0.05) is 6.42 Å². The highest BCUT2D eigenvalue weighted by Crippen LogP contribution is 2.39. The van der Waals surface area contributed by atoms with Crippen LogP contribution >= 0.6 is 0 Å². The number of nitro groups is 1. The second kappa shape index (κ2) is 5.87. The van der Waals surface area contributed by atoms with Crippen LogP contribution in [0.5, 0.6) is 0 Å². The number of halogens is 4. The van der Waals surface area contributed by atoms with Gasteiger partial charge in [0.2, 0.25) is 0 Å². The first kappa shape index (κ1) is 15.5. The molecule has 1 saturated carbocycles. The molecule has 1 aliphatic carbocycles. The largest absolute Gasteiger partial charge is 0.391 e. The fourth-order valence-electron chi connectivity index (χ4n) is 2.62. The van der Waals surface area contributed by atoms with E-state index in [1.165, 1.54) is 0 Å². The molecule has 0 bridgehead atoms. The topological polar surface area (TPSA) is 55.2 Å². The van der Waals surface area contributed by atoms with Crippen molar-refractivity contribution < 1.29 is 22.5 Å². The Labute approximate surface area is 118 Å². The number of rotatable bonds is 3. The van der Waals surface area contributed by atoms with Crippen molar-refractivity contribution in [2.75, 3.05) is 5.32 Å². The predicted octanol–water partition coefficient (Wildman–Crippen LogP) is 4.27. The number of benzene rings is 1. The molecule has 0 aromatic heterocycles. The Morgan fingerprint density at radius 2 is 2.00 bits per heavy atom. The molecule has 1 N–H and O–H groups in total. The Hall–Kier alpha value is -1.86. The molecule has 0 amide bonds. The summed E-state index contributed by atoms with van der Waals surface area (Å²) in [4.78, 5) is 10.2. The van der Waals surface area contributed by atoms with Gasteiger partial charge in [-0.2, -0.15) is 13.2 Å². The van der Waals surface area contributed by atoms with Crippen LogP contribution in [0.1, 0.15) is 25.7 Å². The van der Waals surface area contributed by atoms with Crippen molar-refractivity contribution in [1.29, 1.82) is 0 Å². The molecule has 2 atom stereocenters. The Kier molecular flexibility index (Phi) is 4.34. The van der Waals surface area contributed by atoms with Crippen LogP contribution in [-0.4, -0.2) is 17.1 Å². The molecule has 4 nitrogen and oxygen atoms in total. The summed E-state index contributed by atoms with van der Waals surface area (Å²) in [5.74, 6) is -2.09. The van der Waals surface area contributed by atoms with Crippen LogP contribution in [0, 0.1) is 21.8 Å². The van der Waals surface area contributed by atoms with E-state index in [4.69, 9.17) is 0 Å². The number of nitrogens with zero attached hydrogens (tertiary/aromatic N) is 1. The van der Waals surface area contributed by atoms with Gasteiger partial charge in [-0.05, 0) is 25.3 Å². The number of nitrogens with one attached hydrogen (secondary N) is 1. The summed E-state index contributed by atoms with van der Waals surface area (Å²) in [5, 5.41) is 13.6. The van der Waals surface area contributed by atoms with Crippen molar-refractivity contribution >= 4 is 11.4 Å². The lowest BCUT2D eigenvalue weighted by molar-refractivity contribution is -0.384. The number of nitro benzene ring substituents is 1. The van der Waals surface area contributed by atoms with Crippen molar-refractivity contribution in [3.63, 3.8) is 0 Å². The minimum atomic E-state index is -4.27. The SMILES string of the molecule is O=[N+]([O-])c1ccc(F)cc1NC1CCCC(C(F)(F)F)C1. The van der Waals surface area contributed by atoms with Gasteiger partial charge in [0, 0.05) is 18.2 Å². The second-order valence-corrected chi connectivity index (χ2v) is 5.16. The Bertz CT molecular complexity index is 533. The molecule has 1 fully saturated rings. The summed E-state index contributed by atoms with van der Waals surface area (Å²) < 4.78 is 51.4. The lowest BCUT2D eigenvalue weighted by Crippen LogP contribution is -2.34. The normalized spacial score (nSPS) is 22.9. The highest BCUT2D eigenvalue weighted by Gasteiger charge is 2.42. The summed E-state index contributed by atoms with van der Waals surface area (Å²) in [6.07, 6.45) is -3.51. The monoisotopic (exact) mass is 306 g/mol. The molecule has 0 saturated heterocycles. The molecule has 1 aromatic rings. The van der Waals surface area contributed by atoms with Gasteiger partial charge < -0.3 is 5.32 Å². The lowest BCUT2D eigenvalue weighted by atomic mass is 9.85. The third kappa shape index (κ3) is 3.83. The van der Waals surface area contributed by atoms with E-state index >= 15 is 0 Å². The number of hydrogen-bond donors (Lipinski definition) is 1. The summed E-state index contributed by atoms with van der Waals surface area (Å²) in [7, 11) is 0. The Morgan fingerprint density at radius 1 is 1.29 bits per heavy atom. The highest BCUT2D eigenvalue weighted by atomic mass is 19.4. The van der Waals surface area contributed by atoms with E-state index in [0.717, 1.165) is 18.2 Å². The van der Waals surface area contributed by atoms with E-state index in [1.807, 2.05) is 0 Å². The van der Waals surface area contributed by atoms with Crippen molar-refractivity contribution in [2.24, 2.45) is 5.92 Å². The van der Waals surface area contributed by atoms with E-state index in [9.17, 15) is 27.7 Å². The fraction of sp³-hybridized carbons (Fsp3) is 0.538. The molecule has 2 unspecified atom stereocenters. The molecule has 1 aromatic carbocycles. The number of alkyl halides is 3. The molecule has 1 aliphatic rings. The van der Waals surface area contributed by atoms with Crippen molar-refractivity contribution in [2.45, 2.75) is 37.9 Å². The molecule has 8 heteroatoms. The first-order valence-corrected chi connectivity index (χ1v) is 6.54. The van der Waals surface area contributed by atoms with Gasteiger partial charge >= 0.3 is 6.18 Å². The molecule has 116 valence electrons. The smallest absolute Gasteiger partial charge is 0.377 e. The number of anilines is 1. The summed E-state index contributed by atoms with van der Waals surface area (Å²) >= 11 is 0. The van der Waals surface area contributed by atoms with Crippen LogP contribution < -0.4 is 5.32 Å². The van der Waals surface area contributed by atoms with Crippen LogP contribution in [-0.2, 0) is 0 Å². The predicted molar refractivity (Wildman–Crippen MR) is 68.5 cm³/mol. The van der Waals surface area contributed by atoms with Gasteiger partial charge in [-0.15, -0.1) is 0 Å². The zero-order chi connectivity index (χ0) is 15.6. The van der Waals surface area contributed by atoms with Gasteiger partial charge in [0.1, 0.15) is 11.5 Å². The maximum absolute atomic E-state index is 13.2. The summed E-state index contributed by atoms with van der Waals surface area (Å²) in [6, 6.07) is 2.34. The first-order valence-electron chi connectivity index (χ1n) is 6.54. The molecular weight excluding hydrogens is 292 g/mol. The van der Waals surface area contributed by atoms with Crippen molar-refractivity contribution in [3.05, 3.63) is 34.1 Å². The van der Waals surface area contributed by atoms with Crippen LogP contribution in [0.15, 0.2) is 18.2 Å². The third-order valence-electron chi connectivity index (χ3n) is 3.65. The minimum absolute atomic E-state index is 0.0624. The van der Waals surface area contributed by atoms with Crippen LogP contribution in [0.4, 0.5) is 28.9 Å². The fourth-order valence-corrected chi connectivity index (χ4v) is 2.62. The summed E-state index contributed by atoms with van der Waals surface area (Å²) in [6.45, 7) is 0. The van der Waals surface area contributed by atoms with Gasteiger partial charge in [0.15, 0.2) is 0 Å².